The van der Waals surface area contributed by atoms with E-state index in [4.69, 9.17) is 4.74 Å². The van der Waals surface area contributed by atoms with E-state index in [0.29, 0.717) is 25.0 Å². The number of nitrogens with zero attached hydrogens (tertiary/aromatic N) is 1. The zero-order valence-corrected chi connectivity index (χ0v) is 14.4. The second-order valence-electron chi connectivity index (χ2n) is 7.92. The van der Waals surface area contributed by atoms with E-state index in [9.17, 15) is 15.0 Å². The summed E-state index contributed by atoms with van der Waals surface area (Å²) in [6.07, 6.45) is 1.56. The zero-order valence-electron chi connectivity index (χ0n) is 14.4. The van der Waals surface area contributed by atoms with Crippen LogP contribution in [0.15, 0.2) is 12.1 Å². The molecule has 4 atom stereocenters. The predicted octanol–water partition coefficient (Wildman–Crippen LogP) is 0.335. The number of ketones is 1. The van der Waals surface area contributed by atoms with Crippen LogP contribution in [0, 0.1) is 0 Å². The lowest BCUT2D eigenvalue weighted by atomic mass is 9.49. The van der Waals surface area contributed by atoms with Crippen molar-refractivity contribution in [3.8, 4) is 11.5 Å². The fourth-order valence-corrected chi connectivity index (χ4v) is 5.94. The maximum atomic E-state index is 12.7. The van der Waals surface area contributed by atoms with Gasteiger partial charge in [-0.1, -0.05) is 6.07 Å². The molecule has 6 nitrogen and oxygen atoms in total. The van der Waals surface area contributed by atoms with Crippen LogP contribution in [0.5, 0.6) is 11.5 Å². The van der Waals surface area contributed by atoms with E-state index in [1.165, 1.54) is 0 Å². The van der Waals surface area contributed by atoms with Gasteiger partial charge in [0.05, 0.1) is 11.0 Å². The number of phenolic OH excluding ortho intramolecular Hbond substituents is 1. The Morgan fingerprint density at radius 2 is 2.24 bits per heavy atom. The number of nitrogens with one attached hydrogen (secondary N) is 1. The second-order valence-corrected chi connectivity index (χ2v) is 7.92. The van der Waals surface area contributed by atoms with E-state index >= 15 is 0 Å². The minimum absolute atomic E-state index is 0.0169. The molecule has 2 fully saturated rings. The number of piperidine rings is 1. The Balaban J connectivity index is 1.72. The number of Topliss-reactive ketones (excluding diaryl/α,β-unsaturated/α-hetero) is 1. The summed E-state index contributed by atoms with van der Waals surface area (Å²) < 4.78 is 6.01. The Kier molecular flexibility index (Phi) is 3.10. The lowest BCUT2D eigenvalue weighted by Crippen LogP contribution is -2.76. The van der Waals surface area contributed by atoms with Crippen LogP contribution in [0.25, 0.3) is 0 Å². The summed E-state index contributed by atoms with van der Waals surface area (Å²) in [5.41, 5.74) is 0.320. The van der Waals surface area contributed by atoms with Gasteiger partial charge in [-0.05, 0) is 44.5 Å². The third-order valence-electron chi connectivity index (χ3n) is 7.02. The number of ether oxygens (including phenoxy) is 1. The molecule has 0 radical (unpaired) electrons. The zero-order chi connectivity index (χ0) is 17.4. The molecule has 2 aliphatic carbocycles. The fourth-order valence-electron chi connectivity index (χ4n) is 5.94. The topological polar surface area (TPSA) is 82.0 Å². The van der Waals surface area contributed by atoms with Gasteiger partial charge >= 0.3 is 0 Å². The van der Waals surface area contributed by atoms with Crippen molar-refractivity contribution >= 4 is 5.78 Å². The van der Waals surface area contributed by atoms with Gasteiger partial charge in [-0.15, -0.1) is 0 Å². The van der Waals surface area contributed by atoms with Gasteiger partial charge in [-0.2, -0.15) is 0 Å². The van der Waals surface area contributed by atoms with Crippen molar-refractivity contribution < 1.29 is 19.7 Å². The summed E-state index contributed by atoms with van der Waals surface area (Å²) in [6, 6.07) is 3.58. The molecular weight excluding hydrogens is 320 g/mol. The first-order valence-corrected chi connectivity index (χ1v) is 9.18. The van der Waals surface area contributed by atoms with Crippen molar-refractivity contribution in [3.05, 3.63) is 23.3 Å². The van der Waals surface area contributed by atoms with Crippen LogP contribution in [-0.4, -0.2) is 65.3 Å². The third-order valence-corrected chi connectivity index (χ3v) is 7.02. The lowest BCUT2D eigenvalue weighted by Gasteiger charge is -2.62. The Morgan fingerprint density at radius 1 is 1.40 bits per heavy atom. The number of rotatable bonds is 3. The summed E-state index contributed by atoms with van der Waals surface area (Å²) in [5.74, 6) is 0.558. The number of aromatic hydroxyl groups is 1. The molecule has 1 aromatic carbocycles. The number of hydrogen-bond acceptors (Lipinski definition) is 6. The molecule has 2 aliphatic heterocycles. The van der Waals surface area contributed by atoms with Crippen LogP contribution in [0.2, 0.25) is 0 Å². The number of benzene rings is 1. The van der Waals surface area contributed by atoms with Crippen LogP contribution >= 0.6 is 0 Å². The highest BCUT2D eigenvalue weighted by Crippen LogP contribution is 2.64. The Morgan fingerprint density at radius 3 is 3.04 bits per heavy atom. The van der Waals surface area contributed by atoms with Crippen molar-refractivity contribution in [1.29, 1.82) is 0 Å². The molecule has 1 aromatic rings. The van der Waals surface area contributed by atoms with Gasteiger partial charge in [0.25, 0.3) is 0 Å². The molecule has 0 amide bonds. The highest BCUT2D eigenvalue weighted by Gasteiger charge is 2.73. The van der Waals surface area contributed by atoms with Crippen LogP contribution in [0.3, 0.4) is 0 Å². The van der Waals surface area contributed by atoms with Gasteiger partial charge in [-0.3, -0.25) is 9.69 Å². The standard InChI is InChI=1S/C19H24N2O4/c1-20-7-9-21-8-6-18-15-11-2-3-12(22)16(15)25-17(18)13(23)4-5-19(18,24)14(21)10-11/h2-3,14,17,20,22,24H,4-10H2,1H3. The molecule has 2 heterocycles. The van der Waals surface area contributed by atoms with E-state index in [0.717, 1.165) is 37.2 Å². The predicted molar refractivity (Wildman–Crippen MR) is 91.0 cm³/mol. The van der Waals surface area contributed by atoms with Gasteiger partial charge in [-0.25, -0.2) is 0 Å². The molecule has 25 heavy (non-hydrogen) atoms. The number of carbonyl (C=O) groups excluding carboxylic acids is 1. The van der Waals surface area contributed by atoms with Crippen molar-refractivity contribution in [2.45, 2.75) is 48.8 Å². The van der Waals surface area contributed by atoms with Crippen LogP contribution in [0.4, 0.5) is 0 Å². The first-order chi connectivity index (χ1) is 12.0. The molecule has 5 rings (SSSR count). The number of phenols is 1. The number of likely N-dealkylation sites (N-methyl/N-ethyl adjacent to an activating group) is 1. The van der Waals surface area contributed by atoms with Gasteiger partial charge in [0.1, 0.15) is 0 Å². The summed E-state index contributed by atoms with van der Waals surface area (Å²) in [4.78, 5) is 15.0. The van der Waals surface area contributed by atoms with E-state index in [-0.39, 0.29) is 17.6 Å². The first kappa shape index (κ1) is 15.6. The Hall–Kier alpha value is -1.63. The average molecular weight is 344 g/mol. The quantitative estimate of drug-likeness (QED) is 0.733. The molecule has 6 heteroatoms. The summed E-state index contributed by atoms with van der Waals surface area (Å²) in [6.45, 7) is 2.57. The van der Waals surface area contributed by atoms with Crippen molar-refractivity contribution in [3.63, 3.8) is 0 Å². The monoisotopic (exact) mass is 344 g/mol. The molecule has 4 unspecified atom stereocenters. The van der Waals surface area contributed by atoms with E-state index in [1.54, 1.807) is 6.07 Å². The molecule has 134 valence electrons. The summed E-state index contributed by atoms with van der Waals surface area (Å²) >= 11 is 0. The highest BCUT2D eigenvalue weighted by molar-refractivity contribution is 5.90. The number of aliphatic hydroxyl groups is 1. The second kappa shape index (κ2) is 4.96. The van der Waals surface area contributed by atoms with Gasteiger partial charge < -0.3 is 20.3 Å². The van der Waals surface area contributed by atoms with E-state index in [2.05, 4.69) is 10.2 Å². The molecular formula is C19H24N2O4. The lowest BCUT2D eigenvalue weighted by molar-refractivity contribution is -0.188. The molecule has 1 saturated heterocycles. The number of carbonyl (C=O) groups is 1. The maximum absolute atomic E-state index is 12.7. The average Bonchev–Trinajstić information content (AvgIpc) is 2.95. The normalized spacial score (nSPS) is 38.4. The SMILES string of the molecule is CNCCN1CCC23c4c5ccc(O)c4OC2C(=O)CCC3(O)C1C5. The number of hydrogen-bond donors (Lipinski definition) is 3. The van der Waals surface area contributed by atoms with E-state index < -0.39 is 17.1 Å². The minimum atomic E-state index is -0.983. The smallest absolute Gasteiger partial charge is 0.174 e. The van der Waals surface area contributed by atoms with Crippen LogP contribution in [0.1, 0.15) is 30.4 Å². The molecule has 3 N–H and O–H groups in total. The first-order valence-electron chi connectivity index (χ1n) is 9.18. The molecule has 1 spiro atoms. The Bertz CT molecular complexity index is 766. The molecule has 2 bridgehead atoms. The Labute approximate surface area is 146 Å². The van der Waals surface area contributed by atoms with Crippen LogP contribution in [-0.2, 0) is 16.6 Å². The minimum Gasteiger partial charge on any atom is -0.504 e. The van der Waals surface area contributed by atoms with Crippen molar-refractivity contribution in [2.75, 3.05) is 26.7 Å². The van der Waals surface area contributed by atoms with Crippen molar-refractivity contribution in [1.82, 2.24) is 10.2 Å². The highest BCUT2D eigenvalue weighted by atomic mass is 16.5. The molecule has 0 aromatic heterocycles. The van der Waals surface area contributed by atoms with Crippen LogP contribution < -0.4 is 10.1 Å². The fraction of sp³-hybridized carbons (Fsp3) is 0.632. The molecule has 4 aliphatic rings. The summed E-state index contributed by atoms with van der Waals surface area (Å²) in [5, 5.41) is 25.4. The van der Waals surface area contributed by atoms with Gasteiger partial charge in [0, 0.05) is 31.1 Å². The van der Waals surface area contributed by atoms with Crippen molar-refractivity contribution in [2.24, 2.45) is 0 Å². The van der Waals surface area contributed by atoms with Gasteiger partial charge in [0.2, 0.25) is 0 Å². The van der Waals surface area contributed by atoms with Gasteiger partial charge in [0.15, 0.2) is 23.4 Å². The van der Waals surface area contributed by atoms with E-state index in [1.807, 2.05) is 13.1 Å². The number of likely N-dealkylation sites (tertiary alicyclic amines) is 1. The maximum Gasteiger partial charge on any atom is 0.174 e. The largest absolute Gasteiger partial charge is 0.504 e. The molecule has 1 saturated carbocycles. The summed E-state index contributed by atoms with van der Waals surface area (Å²) in [7, 11) is 1.94. The third kappa shape index (κ3) is 1.68.